The first kappa shape index (κ1) is 25.5. The summed E-state index contributed by atoms with van der Waals surface area (Å²) >= 11 is 8.20. The fourth-order valence-corrected chi connectivity index (χ4v) is 6.92. The standard InChI is InChI=1S/C34H28Br2O/c1-21-16-18-24(19-17-21)29-31(27-14-7-8-15-28(27)37-4)32(26-13-6-5-11-23(26)3)34(36)30(33(29)35)25-12-9-10-22(2)20-25/h5-20H,1-4H3. The molecular formula is C34H28Br2O. The molecule has 3 heteroatoms. The van der Waals surface area contributed by atoms with Crippen molar-refractivity contribution in [3.8, 4) is 50.3 Å². The van der Waals surface area contributed by atoms with E-state index in [-0.39, 0.29) is 0 Å². The van der Waals surface area contributed by atoms with Crippen LogP contribution in [-0.2, 0) is 0 Å². The van der Waals surface area contributed by atoms with E-state index >= 15 is 0 Å². The van der Waals surface area contributed by atoms with Crippen LogP contribution in [0.5, 0.6) is 5.75 Å². The van der Waals surface area contributed by atoms with Crippen LogP contribution in [0, 0.1) is 20.8 Å². The number of methoxy groups -OCH3 is 1. The molecule has 0 unspecified atom stereocenters. The zero-order chi connectivity index (χ0) is 26.1. The summed E-state index contributed by atoms with van der Waals surface area (Å²) in [6.45, 7) is 6.43. The van der Waals surface area contributed by atoms with Crippen molar-refractivity contribution >= 4 is 31.9 Å². The van der Waals surface area contributed by atoms with Crippen molar-refractivity contribution in [1.82, 2.24) is 0 Å². The molecule has 0 saturated heterocycles. The molecule has 5 aromatic rings. The molecule has 0 N–H and O–H groups in total. The topological polar surface area (TPSA) is 9.23 Å². The van der Waals surface area contributed by atoms with E-state index in [0.717, 1.165) is 53.6 Å². The molecule has 0 spiro atoms. The molecule has 5 aromatic carbocycles. The molecular weight excluding hydrogens is 584 g/mol. The van der Waals surface area contributed by atoms with E-state index in [4.69, 9.17) is 4.74 Å². The highest BCUT2D eigenvalue weighted by Crippen LogP contribution is 2.54. The second-order valence-electron chi connectivity index (χ2n) is 9.38. The number of halogens is 2. The number of hydrogen-bond donors (Lipinski definition) is 0. The van der Waals surface area contributed by atoms with Gasteiger partial charge in [0.15, 0.2) is 0 Å². The zero-order valence-corrected chi connectivity index (χ0v) is 24.6. The number of hydrogen-bond acceptors (Lipinski definition) is 1. The van der Waals surface area contributed by atoms with Crippen molar-refractivity contribution in [1.29, 1.82) is 0 Å². The van der Waals surface area contributed by atoms with Gasteiger partial charge in [0.2, 0.25) is 0 Å². The van der Waals surface area contributed by atoms with E-state index < -0.39 is 0 Å². The largest absolute Gasteiger partial charge is 0.496 e. The minimum absolute atomic E-state index is 0.841. The van der Waals surface area contributed by atoms with Gasteiger partial charge in [0.1, 0.15) is 5.75 Å². The molecule has 0 saturated carbocycles. The average Bonchev–Trinajstić information content (AvgIpc) is 2.90. The Balaban J connectivity index is 2.03. The van der Waals surface area contributed by atoms with Gasteiger partial charge in [-0.05, 0) is 81.0 Å². The Morgan fingerprint density at radius 1 is 0.514 bits per heavy atom. The molecule has 184 valence electrons. The Bertz CT molecular complexity index is 1600. The Kier molecular flexibility index (Phi) is 7.37. The van der Waals surface area contributed by atoms with Gasteiger partial charge in [-0.2, -0.15) is 0 Å². The second kappa shape index (κ2) is 10.7. The van der Waals surface area contributed by atoms with Crippen LogP contribution in [0.25, 0.3) is 44.5 Å². The van der Waals surface area contributed by atoms with E-state index in [1.165, 1.54) is 22.3 Å². The summed E-state index contributed by atoms with van der Waals surface area (Å²) in [7, 11) is 1.74. The molecule has 0 aromatic heterocycles. The first-order valence-corrected chi connectivity index (χ1v) is 13.9. The molecule has 0 atom stereocenters. The van der Waals surface area contributed by atoms with E-state index in [0.29, 0.717) is 0 Å². The van der Waals surface area contributed by atoms with Crippen LogP contribution in [-0.4, -0.2) is 7.11 Å². The van der Waals surface area contributed by atoms with Crippen LogP contribution >= 0.6 is 31.9 Å². The number of aryl methyl sites for hydroxylation is 3. The van der Waals surface area contributed by atoms with Crippen LogP contribution in [0.15, 0.2) is 106 Å². The summed E-state index contributed by atoms with van der Waals surface area (Å²) < 4.78 is 8.01. The van der Waals surface area contributed by atoms with Crippen LogP contribution < -0.4 is 4.74 Å². The second-order valence-corrected chi connectivity index (χ2v) is 11.0. The molecule has 0 aliphatic rings. The summed E-state index contributed by atoms with van der Waals surface area (Å²) in [6, 6.07) is 34.3. The van der Waals surface area contributed by atoms with Crippen LogP contribution in [0.3, 0.4) is 0 Å². The summed E-state index contributed by atoms with van der Waals surface area (Å²) in [5.41, 5.74) is 12.8. The Morgan fingerprint density at radius 3 is 1.84 bits per heavy atom. The molecule has 0 fully saturated rings. The molecule has 0 heterocycles. The van der Waals surface area contributed by atoms with Crippen molar-refractivity contribution in [3.05, 3.63) is 123 Å². The predicted molar refractivity (Wildman–Crippen MR) is 164 cm³/mol. The van der Waals surface area contributed by atoms with Gasteiger partial charge >= 0.3 is 0 Å². The van der Waals surface area contributed by atoms with Crippen molar-refractivity contribution in [2.24, 2.45) is 0 Å². The van der Waals surface area contributed by atoms with Crippen molar-refractivity contribution < 1.29 is 4.74 Å². The highest BCUT2D eigenvalue weighted by molar-refractivity contribution is 9.11. The average molecular weight is 612 g/mol. The number of ether oxygens (including phenoxy) is 1. The predicted octanol–water partition coefficient (Wildman–Crippen LogP) is 10.8. The molecule has 0 aliphatic heterocycles. The lowest BCUT2D eigenvalue weighted by Crippen LogP contribution is -2.00. The minimum atomic E-state index is 0.841. The van der Waals surface area contributed by atoms with Gasteiger partial charge in [-0.25, -0.2) is 0 Å². The van der Waals surface area contributed by atoms with Gasteiger partial charge in [-0.3, -0.25) is 0 Å². The third-order valence-electron chi connectivity index (χ3n) is 6.82. The van der Waals surface area contributed by atoms with Gasteiger partial charge in [0, 0.05) is 36.8 Å². The molecule has 37 heavy (non-hydrogen) atoms. The number of rotatable bonds is 5. The van der Waals surface area contributed by atoms with Crippen molar-refractivity contribution in [2.45, 2.75) is 20.8 Å². The summed E-state index contributed by atoms with van der Waals surface area (Å²) in [4.78, 5) is 0. The molecule has 0 radical (unpaired) electrons. The summed E-state index contributed by atoms with van der Waals surface area (Å²) in [6.07, 6.45) is 0. The molecule has 0 bridgehead atoms. The SMILES string of the molecule is COc1ccccc1-c1c(-c2ccc(C)cc2)c(Br)c(-c2cccc(C)c2)c(Br)c1-c1ccccc1C. The molecule has 0 aliphatic carbocycles. The van der Waals surface area contributed by atoms with Gasteiger partial charge in [-0.1, -0.05) is 102 Å². The number of para-hydroxylation sites is 1. The third-order valence-corrected chi connectivity index (χ3v) is 8.40. The fraction of sp³-hybridized carbons (Fsp3) is 0.118. The smallest absolute Gasteiger partial charge is 0.126 e. The zero-order valence-electron chi connectivity index (χ0n) is 21.4. The lowest BCUT2D eigenvalue weighted by molar-refractivity contribution is 0.416. The quantitative estimate of drug-likeness (QED) is 0.192. The van der Waals surface area contributed by atoms with Crippen LogP contribution in [0.1, 0.15) is 16.7 Å². The molecule has 1 nitrogen and oxygen atoms in total. The fourth-order valence-electron chi connectivity index (χ4n) is 4.96. The monoisotopic (exact) mass is 610 g/mol. The van der Waals surface area contributed by atoms with Crippen LogP contribution in [0.4, 0.5) is 0 Å². The Labute approximate surface area is 236 Å². The van der Waals surface area contributed by atoms with E-state index in [9.17, 15) is 0 Å². The maximum Gasteiger partial charge on any atom is 0.126 e. The maximum atomic E-state index is 5.91. The minimum Gasteiger partial charge on any atom is -0.496 e. The molecule has 5 rings (SSSR count). The van der Waals surface area contributed by atoms with Gasteiger partial charge < -0.3 is 4.74 Å². The number of benzene rings is 5. The van der Waals surface area contributed by atoms with Crippen molar-refractivity contribution in [2.75, 3.05) is 7.11 Å². The maximum absolute atomic E-state index is 5.91. The highest BCUT2D eigenvalue weighted by atomic mass is 79.9. The third kappa shape index (κ3) is 4.79. The highest BCUT2D eigenvalue weighted by Gasteiger charge is 2.27. The van der Waals surface area contributed by atoms with E-state index in [2.05, 4.69) is 138 Å². The first-order valence-electron chi connectivity index (χ1n) is 12.3. The lowest BCUT2D eigenvalue weighted by Gasteiger charge is -2.25. The summed E-state index contributed by atoms with van der Waals surface area (Å²) in [5, 5.41) is 0. The molecule has 0 amide bonds. The van der Waals surface area contributed by atoms with E-state index in [1.54, 1.807) is 7.11 Å². The van der Waals surface area contributed by atoms with Gasteiger partial charge in [0.25, 0.3) is 0 Å². The first-order chi connectivity index (χ1) is 17.9. The Morgan fingerprint density at radius 2 is 1.16 bits per heavy atom. The van der Waals surface area contributed by atoms with E-state index in [1.807, 2.05) is 12.1 Å². The van der Waals surface area contributed by atoms with Gasteiger partial charge in [-0.15, -0.1) is 0 Å². The lowest BCUT2D eigenvalue weighted by atomic mass is 9.83. The Hall–Kier alpha value is -3.14. The van der Waals surface area contributed by atoms with Crippen molar-refractivity contribution in [3.63, 3.8) is 0 Å². The summed E-state index contributed by atoms with van der Waals surface area (Å²) in [5.74, 6) is 0.841. The van der Waals surface area contributed by atoms with Crippen LogP contribution in [0.2, 0.25) is 0 Å². The van der Waals surface area contributed by atoms with Gasteiger partial charge in [0.05, 0.1) is 7.11 Å². The normalized spacial score (nSPS) is 11.0.